The van der Waals surface area contributed by atoms with E-state index in [1.165, 1.54) is 32.1 Å². The molecule has 3 aliphatic rings. The molecule has 31 heavy (non-hydrogen) atoms. The van der Waals surface area contributed by atoms with Gasteiger partial charge in [-0.1, -0.05) is 19.3 Å². The molecule has 2 N–H and O–H groups in total. The molecule has 6 nitrogen and oxygen atoms in total. The molecule has 2 amide bonds. The molecule has 0 bridgehead atoms. The second-order valence-corrected chi connectivity index (χ2v) is 9.53. The van der Waals surface area contributed by atoms with Crippen molar-refractivity contribution in [3.63, 3.8) is 0 Å². The van der Waals surface area contributed by atoms with Gasteiger partial charge < -0.3 is 15.5 Å². The molecule has 1 atom stereocenters. The third kappa shape index (κ3) is 6.00. The molecule has 1 aromatic carbocycles. The smallest absolute Gasteiger partial charge is 0.253 e. The number of hydrogen-bond donors (Lipinski definition) is 2. The molecule has 1 unspecified atom stereocenters. The Morgan fingerprint density at radius 1 is 0.968 bits per heavy atom. The van der Waals surface area contributed by atoms with Crippen molar-refractivity contribution in [2.24, 2.45) is 5.92 Å². The van der Waals surface area contributed by atoms with E-state index in [0.717, 1.165) is 68.8 Å². The van der Waals surface area contributed by atoms with E-state index in [9.17, 15) is 9.59 Å². The summed E-state index contributed by atoms with van der Waals surface area (Å²) in [5, 5.41) is 6.21. The van der Waals surface area contributed by atoms with E-state index in [1.807, 2.05) is 18.2 Å². The van der Waals surface area contributed by atoms with Crippen molar-refractivity contribution in [3.8, 4) is 0 Å². The summed E-state index contributed by atoms with van der Waals surface area (Å²) >= 11 is 0. The number of benzene rings is 1. The quantitative estimate of drug-likeness (QED) is 0.691. The number of hydrogen-bond acceptors (Lipinski definition) is 4. The lowest BCUT2D eigenvalue weighted by atomic mass is 10.0. The molecule has 0 aromatic heterocycles. The van der Waals surface area contributed by atoms with E-state index in [4.69, 9.17) is 0 Å². The van der Waals surface area contributed by atoms with Crippen molar-refractivity contribution in [1.82, 2.24) is 10.2 Å². The van der Waals surface area contributed by atoms with Gasteiger partial charge in [-0.15, -0.1) is 0 Å². The molecule has 2 saturated heterocycles. The first-order valence-corrected chi connectivity index (χ1v) is 12.3. The SMILES string of the molecule is CC1CCCCN1CCNC(=O)c1ccc(NC(=O)C2CC2)cc1N1CCCCCC1. The van der Waals surface area contributed by atoms with Crippen LogP contribution >= 0.6 is 0 Å². The number of nitrogens with one attached hydrogen (secondary N) is 2. The fourth-order valence-corrected chi connectivity index (χ4v) is 4.86. The van der Waals surface area contributed by atoms with Crippen molar-refractivity contribution >= 4 is 23.2 Å². The standard InChI is InChI=1S/C25H38N4O2/c1-19-8-4-7-14-28(19)17-13-26-25(31)22-12-11-21(27-24(30)20-9-10-20)18-23(22)29-15-5-2-3-6-16-29/h11-12,18-20H,2-10,13-17H2,1H3,(H,26,31)(H,27,30). The molecule has 2 heterocycles. The van der Waals surface area contributed by atoms with Gasteiger partial charge in [0.05, 0.1) is 11.3 Å². The van der Waals surface area contributed by atoms with Crippen LogP contribution in [0.2, 0.25) is 0 Å². The van der Waals surface area contributed by atoms with Crippen LogP contribution in [0.15, 0.2) is 18.2 Å². The van der Waals surface area contributed by atoms with Crippen molar-refractivity contribution in [2.45, 2.75) is 70.8 Å². The zero-order chi connectivity index (χ0) is 21.6. The van der Waals surface area contributed by atoms with Crippen LogP contribution in [0, 0.1) is 5.92 Å². The van der Waals surface area contributed by atoms with Crippen LogP contribution in [-0.2, 0) is 4.79 Å². The van der Waals surface area contributed by atoms with Crippen LogP contribution in [0.25, 0.3) is 0 Å². The molecular formula is C25H38N4O2. The minimum absolute atomic E-state index is 0.0102. The van der Waals surface area contributed by atoms with E-state index in [-0.39, 0.29) is 17.7 Å². The lowest BCUT2D eigenvalue weighted by molar-refractivity contribution is -0.117. The summed E-state index contributed by atoms with van der Waals surface area (Å²) < 4.78 is 0. The van der Waals surface area contributed by atoms with Gasteiger partial charge in [-0.3, -0.25) is 14.5 Å². The van der Waals surface area contributed by atoms with Gasteiger partial charge in [0.15, 0.2) is 0 Å². The molecular weight excluding hydrogens is 388 g/mol. The van der Waals surface area contributed by atoms with Gasteiger partial charge >= 0.3 is 0 Å². The highest BCUT2D eigenvalue weighted by Crippen LogP contribution is 2.32. The Morgan fingerprint density at radius 2 is 1.71 bits per heavy atom. The van der Waals surface area contributed by atoms with Gasteiger partial charge in [0.25, 0.3) is 5.91 Å². The molecule has 2 aliphatic heterocycles. The van der Waals surface area contributed by atoms with Crippen LogP contribution in [0.1, 0.15) is 75.1 Å². The van der Waals surface area contributed by atoms with Gasteiger partial charge in [0, 0.05) is 43.8 Å². The predicted octanol–water partition coefficient (Wildman–Crippen LogP) is 4.02. The minimum atomic E-state index is -0.0102. The summed E-state index contributed by atoms with van der Waals surface area (Å²) in [6.45, 7) is 6.92. The average Bonchev–Trinajstić information content (AvgIpc) is 3.62. The Hall–Kier alpha value is -2.08. The van der Waals surface area contributed by atoms with Gasteiger partial charge in [-0.2, -0.15) is 0 Å². The number of piperidine rings is 1. The van der Waals surface area contributed by atoms with Gasteiger partial charge in [-0.05, 0) is 70.2 Å². The Morgan fingerprint density at radius 3 is 2.42 bits per heavy atom. The van der Waals surface area contributed by atoms with E-state index in [1.54, 1.807) is 0 Å². The van der Waals surface area contributed by atoms with E-state index in [0.29, 0.717) is 12.6 Å². The zero-order valence-corrected chi connectivity index (χ0v) is 19.0. The maximum Gasteiger partial charge on any atom is 0.253 e. The number of rotatable bonds is 7. The number of carbonyl (C=O) groups is 2. The molecule has 0 spiro atoms. The average molecular weight is 427 g/mol. The van der Waals surface area contributed by atoms with Crippen LogP contribution in [0.4, 0.5) is 11.4 Å². The lowest BCUT2D eigenvalue weighted by Gasteiger charge is -2.33. The monoisotopic (exact) mass is 426 g/mol. The largest absolute Gasteiger partial charge is 0.371 e. The third-order valence-electron chi connectivity index (χ3n) is 7.03. The lowest BCUT2D eigenvalue weighted by Crippen LogP contribution is -2.42. The maximum atomic E-state index is 13.1. The first-order valence-electron chi connectivity index (χ1n) is 12.3. The summed E-state index contributed by atoms with van der Waals surface area (Å²) in [5.41, 5.74) is 2.48. The second-order valence-electron chi connectivity index (χ2n) is 9.53. The normalized spacial score (nSPS) is 22.6. The van der Waals surface area contributed by atoms with E-state index in [2.05, 4.69) is 27.4 Å². The van der Waals surface area contributed by atoms with Crippen LogP contribution in [-0.4, -0.2) is 55.5 Å². The molecule has 4 rings (SSSR count). The molecule has 1 aliphatic carbocycles. The number of anilines is 2. The zero-order valence-electron chi connectivity index (χ0n) is 19.0. The summed E-state index contributed by atoms with van der Waals surface area (Å²) in [7, 11) is 0. The predicted molar refractivity (Wildman–Crippen MR) is 126 cm³/mol. The molecule has 1 aromatic rings. The summed E-state index contributed by atoms with van der Waals surface area (Å²) in [6.07, 6.45) is 10.6. The number of carbonyl (C=O) groups excluding carboxylic acids is 2. The molecule has 1 saturated carbocycles. The van der Waals surface area contributed by atoms with Crippen molar-refractivity contribution in [1.29, 1.82) is 0 Å². The first kappa shape index (κ1) is 22.1. The molecule has 6 heteroatoms. The van der Waals surface area contributed by atoms with Crippen LogP contribution in [0.5, 0.6) is 0 Å². The van der Waals surface area contributed by atoms with Crippen molar-refractivity contribution < 1.29 is 9.59 Å². The summed E-state index contributed by atoms with van der Waals surface area (Å²) in [6, 6.07) is 6.38. The van der Waals surface area contributed by atoms with E-state index >= 15 is 0 Å². The number of amides is 2. The first-order chi connectivity index (χ1) is 15.1. The van der Waals surface area contributed by atoms with Crippen LogP contribution in [0.3, 0.4) is 0 Å². The molecule has 0 radical (unpaired) electrons. The second kappa shape index (κ2) is 10.5. The fourth-order valence-electron chi connectivity index (χ4n) is 4.86. The van der Waals surface area contributed by atoms with Crippen LogP contribution < -0.4 is 15.5 Å². The summed E-state index contributed by atoms with van der Waals surface area (Å²) in [4.78, 5) is 30.2. The molecule has 3 fully saturated rings. The molecule has 170 valence electrons. The van der Waals surface area contributed by atoms with Gasteiger partial charge in [-0.25, -0.2) is 0 Å². The Bertz CT molecular complexity index is 769. The highest BCUT2D eigenvalue weighted by molar-refractivity contribution is 6.02. The van der Waals surface area contributed by atoms with Crippen molar-refractivity contribution in [3.05, 3.63) is 23.8 Å². The highest BCUT2D eigenvalue weighted by atomic mass is 16.2. The Balaban J connectivity index is 1.44. The summed E-state index contributed by atoms with van der Waals surface area (Å²) in [5.74, 6) is 0.264. The van der Waals surface area contributed by atoms with Gasteiger partial charge in [0.1, 0.15) is 0 Å². The van der Waals surface area contributed by atoms with Crippen molar-refractivity contribution in [2.75, 3.05) is 42.9 Å². The number of nitrogens with zero attached hydrogens (tertiary/aromatic N) is 2. The highest BCUT2D eigenvalue weighted by Gasteiger charge is 2.30. The fraction of sp³-hybridized carbons (Fsp3) is 0.680. The third-order valence-corrected chi connectivity index (χ3v) is 7.03. The Labute approximate surface area is 186 Å². The number of likely N-dealkylation sites (tertiary alicyclic amines) is 1. The Kier molecular flexibility index (Phi) is 7.49. The minimum Gasteiger partial charge on any atom is -0.371 e. The maximum absolute atomic E-state index is 13.1. The van der Waals surface area contributed by atoms with E-state index < -0.39 is 0 Å². The topological polar surface area (TPSA) is 64.7 Å². The van der Waals surface area contributed by atoms with Gasteiger partial charge in [0.2, 0.25) is 5.91 Å².